The van der Waals surface area contributed by atoms with Crippen LogP contribution in [0.15, 0.2) is 96.6 Å². The molecule has 9 nitrogen and oxygen atoms in total. The molecular formula is C25H17N3O6S2. The minimum absolute atomic E-state index is 0.0345. The van der Waals surface area contributed by atoms with Crippen LogP contribution in [0.2, 0.25) is 0 Å². The molecule has 0 fully saturated rings. The molecule has 4 aromatic rings. The molecule has 0 unspecified atom stereocenters. The fraction of sp³-hybridized carbons (Fsp3) is 0.0400. The average Bonchev–Trinajstić information content (AvgIpc) is 3.63. The lowest BCUT2D eigenvalue weighted by Gasteiger charge is -2.11. The van der Waals surface area contributed by atoms with Crippen molar-refractivity contribution >= 4 is 50.5 Å². The molecule has 36 heavy (non-hydrogen) atoms. The molecule has 5 rings (SSSR count). The fourth-order valence-electron chi connectivity index (χ4n) is 3.57. The number of carboxylic acids is 1. The first-order chi connectivity index (χ1) is 17.2. The van der Waals surface area contributed by atoms with Crippen LogP contribution in [0, 0.1) is 0 Å². The van der Waals surface area contributed by atoms with Gasteiger partial charge < -0.3 is 9.52 Å². The van der Waals surface area contributed by atoms with Gasteiger partial charge in [0.05, 0.1) is 27.4 Å². The largest absolute Gasteiger partial charge is 0.478 e. The van der Waals surface area contributed by atoms with Gasteiger partial charge in [-0.2, -0.15) is 10.1 Å². The average molecular weight is 520 g/mol. The normalized spacial score (nSPS) is 14.9. The lowest BCUT2D eigenvalue weighted by molar-refractivity contribution is -0.114. The van der Waals surface area contributed by atoms with Gasteiger partial charge in [-0.25, -0.2) is 18.2 Å². The van der Waals surface area contributed by atoms with Crippen molar-refractivity contribution in [3.8, 4) is 11.3 Å². The van der Waals surface area contributed by atoms with Crippen LogP contribution in [0.4, 0.5) is 5.69 Å². The summed E-state index contributed by atoms with van der Waals surface area (Å²) in [5.41, 5.74) is 2.04. The molecule has 0 bridgehead atoms. The summed E-state index contributed by atoms with van der Waals surface area (Å²) in [6.07, 6.45) is 3.03. The molecule has 1 N–H and O–H groups in total. The highest BCUT2D eigenvalue weighted by molar-refractivity contribution is 7.93. The van der Waals surface area contributed by atoms with Gasteiger partial charge in [0.15, 0.2) is 0 Å². The number of hydrogen-bond donors (Lipinski definition) is 1. The Hall–Kier alpha value is -4.35. The molecule has 0 saturated heterocycles. The number of carboxylic acid groups (broad SMARTS) is 1. The maximum atomic E-state index is 13.0. The summed E-state index contributed by atoms with van der Waals surface area (Å²) < 4.78 is 31.2. The standard InChI is InChI=1S/C25H17N3O6S2/c1-15-21(23(29)28(27-15)18-6-2-17(3-7-18)24(30)31)14-19-8-11-22(34-19)16-4-9-20(10-5-16)36(32,33)25-26-12-13-35-25/h2-14H,1H3,(H,30,31)/b21-14+. The molecular weight excluding hydrogens is 502 g/mol. The van der Waals surface area contributed by atoms with Crippen LogP contribution in [0.5, 0.6) is 0 Å². The Balaban J connectivity index is 1.36. The van der Waals surface area contributed by atoms with E-state index in [2.05, 4.69) is 10.1 Å². The number of aromatic carboxylic acids is 1. The number of carbonyl (C=O) groups excluding carboxylic acids is 1. The van der Waals surface area contributed by atoms with E-state index >= 15 is 0 Å². The summed E-state index contributed by atoms with van der Waals surface area (Å²) in [7, 11) is -3.67. The first-order valence-electron chi connectivity index (χ1n) is 10.5. The third-order valence-electron chi connectivity index (χ3n) is 5.42. The van der Waals surface area contributed by atoms with Gasteiger partial charge in [-0.3, -0.25) is 4.79 Å². The molecule has 0 radical (unpaired) electrons. The molecule has 1 aliphatic rings. The van der Waals surface area contributed by atoms with Gasteiger partial charge >= 0.3 is 5.97 Å². The number of hydrazone groups is 1. The Labute approximate surface area is 209 Å². The van der Waals surface area contributed by atoms with E-state index in [1.54, 1.807) is 42.6 Å². The Morgan fingerprint density at radius 2 is 1.78 bits per heavy atom. The Morgan fingerprint density at radius 3 is 2.42 bits per heavy atom. The summed E-state index contributed by atoms with van der Waals surface area (Å²) in [5.74, 6) is -0.504. The van der Waals surface area contributed by atoms with Crippen molar-refractivity contribution in [2.75, 3.05) is 5.01 Å². The molecule has 0 atom stereocenters. The zero-order valence-corrected chi connectivity index (χ0v) is 20.3. The number of aromatic nitrogens is 1. The van der Waals surface area contributed by atoms with E-state index in [0.29, 0.717) is 34.1 Å². The van der Waals surface area contributed by atoms with E-state index < -0.39 is 15.8 Å². The summed E-state index contributed by atoms with van der Waals surface area (Å²) in [4.78, 5) is 28.1. The summed E-state index contributed by atoms with van der Waals surface area (Å²) in [6, 6.07) is 15.6. The second-order valence-corrected chi connectivity index (χ2v) is 10.8. The van der Waals surface area contributed by atoms with Crippen LogP contribution in [0.3, 0.4) is 0 Å². The predicted octanol–water partition coefficient (Wildman–Crippen LogP) is 4.74. The number of hydrogen-bond acceptors (Lipinski definition) is 8. The van der Waals surface area contributed by atoms with Crippen LogP contribution in [-0.4, -0.2) is 36.1 Å². The van der Waals surface area contributed by atoms with E-state index in [1.165, 1.54) is 47.6 Å². The predicted molar refractivity (Wildman–Crippen MR) is 134 cm³/mol. The van der Waals surface area contributed by atoms with Crippen LogP contribution in [-0.2, 0) is 14.6 Å². The third kappa shape index (κ3) is 4.25. The number of anilines is 1. The molecule has 2 aromatic heterocycles. The molecule has 1 aliphatic heterocycles. The highest BCUT2D eigenvalue weighted by Crippen LogP contribution is 2.29. The van der Waals surface area contributed by atoms with Gasteiger partial charge in [-0.05, 0) is 73.7 Å². The molecule has 0 spiro atoms. The highest BCUT2D eigenvalue weighted by Gasteiger charge is 2.29. The summed E-state index contributed by atoms with van der Waals surface area (Å²) in [6.45, 7) is 1.70. The highest BCUT2D eigenvalue weighted by atomic mass is 32.2. The number of nitrogens with zero attached hydrogens (tertiary/aromatic N) is 3. The molecule has 1 amide bonds. The number of thiazole rings is 1. The smallest absolute Gasteiger partial charge is 0.335 e. The topological polar surface area (TPSA) is 130 Å². The van der Waals surface area contributed by atoms with Gasteiger partial charge in [-0.15, -0.1) is 11.3 Å². The van der Waals surface area contributed by atoms with E-state index in [4.69, 9.17) is 9.52 Å². The molecule has 0 saturated carbocycles. The van der Waals surface area contributed by atoms with E-state index in [0.717, 1.165) is 11.3 Å². The van der Waals surface area contributed by atoms with Crippen molar-refractivity contribution in [1.29, 1.82) is 0 Å². The minimum Gasteiger partial charge on any atom is -0.478 e. The van der Waals surface area contributed by atoms with Gasteiger partial charge in [0, 0.05) is 17.1 Å². The number of furan rings is 1. The minimum atomic E-state index is -3.67. The number of rotatable bonds is 6. The Kier molecular flexibility index (Phi) is 5.86. The Bertz CT molecular complexity index is 1630. The summed E-state index contributed by atoms with van der Waals surface area (Å²) in [5, 5.41) is 16.2. The van der Waals surface area contributed by atoms with Gasteiger partial charge in [0.2, 0.25) is 14.2 Å². The molecule has 3 heterocycles. The number of sulfone groups is 1. The monoisotopic (exact) mass is 519 g/mol. The van der Waals surface area contributed by atoms with Gasteiger partial charge in [0.25, 0.3) is 5.91 Å². The van der Waals surface area contributed by atoms with Crippen LogP contribution < -0.4 is 5.01 Å². The second kappa shape index (κ2) is 9.02. The zero-order chi connectivity index (χ0) is 25.4. The zero-order valence-electron chi connectivity index (χ0n) is 18.7. The lowest BCUT2D eigenvalue weighted by atomic mass is 10.1. The van der Waals surface area contributed by atoms with Crippen molar-refractivity contribution in [3.05, 3.63) is 89.1 Å². The van der Waals surface area contributed by atoms with E-state index in [1.807, 2.05) is 0 Å². The Morgan fingerprint density at radius 1 is 1.06 bits per heavy atom. The molecule has 2 aromatic carbocycles. The van der Waals surface area contributed by atoms with Crippen molar-refractivity contribution in [1.82, 2.24) is 4.98 Å². The maximum absolute atomic E-state index is 13.0. The third-order valence-corrected chi connectivity index (χ3v) is 8.39. The fourth-order valence-corrected chi connectivity index (χ4v) is 5.79. The second-order valence-electron chi connectivity index (χ2n) is 7.74. The van der Waals surface area contributed by atoms with Crippen LogP contribution in [0.1, 0.15) is 23.0 Å². The molecule has 180 valence electrons. The van der Waals surface area contributed by atoms with Gasteiger partial charge in [-0.1, -0.05) is 0 Å². The number of amides is 1. The first kappa shape index (κ1) is 23.4. The molecule has 0 aliphatic carbocycles. The number of carbonyl (C=O) groups is 2. The van der Waals surface area contributed by atoms with Gasteiger partial charge in [0.1, 0.15) is 11.5 Å². The van der Waals surface area contributed by atoms with Crippen molar-refractivity contribution < 1.29 is 27.5 Å². The van der Waals surface area contributed by atoms with Crippen molar-refractivity contribution in [3.63, 3.8) is 0 Å². The number of benzene rings is 2. The van der Waals surface area contributed by atoms with Crippen molar-refractivity contribution in [2.24, 2.45) is 5.10 Å². The van der Waals surface area contributed by atoms with Crippen LogP contribution in [0.25, 0.3) is 17.4 Å². The van der Waals surface area contributed by atoms with E-state index in [9.17, 15) is 18.0 Å². The lowest BCUT2D eigenvalue weighted by Crippen LogP contribution is -2.21. The quantitative estimate of drug-likeness (QED) is 0.364. The van der Waals surface area contributed by atoms with E-state index in [-0.39, 0.29) is 20.7 Å². The SMILES string of the molecule is CC1=NN(c2ccc(C(=O)O)cc2)C(=O)/C1=C/c1ccc(-c2ccc(S(=O)(=O)c3nccs3)cc2)o1. The maximum Gasteiger partial charge on any atom is 0.335 e. The summed E-state index contributed by atoms with van der Waals surface area (Å²) >= 11 is 1.06. The molecule has 11 heteroatoms. The van der Waals surface area contributed by atoms with Crippen LogP contribution >= 0.6 is 11.3 Å². The first-order valence-corrected chi connectivity index (χ1v) is 12.9. The van der Waals surface area contributed by atoms with Crippen molar-refractivity contribution in [2.45, 2.75) is 16.2 Å².